The van der Waals surface area contributed by atoms with Gasteiger partial charge in [0.2, 0.25) is 0 Å². The van der Waals surface area contributed by atoms with Crippen molar-refractivity contribution in [2.75, 3.05) is 6.61 Å². The molecular weight excluding hydrogens is 140 g/mol. The first-order valence-electron chi connectivity index (χ1n) is 3.09. The smallest absolute Gasteiger partial charge is 1.00 e. The zero-order valence-electron chi connectivity index (χ0n) is 8.94. The number of aliphatic hydroxyl groups is 1. The summed E-state index contributed by atoms with van der Waals surface area (Å²) in [6.45, 7) is 9.29. The number of rotatable bonds is 2. The van der Waals surface area contributed by atoms with E-state index in [0.717, 1.165) is 0 Å². The zero-order chi connectivity index (χ0) is 6.78. The summed E-state index contributed by atoms with van der Waals surface area (Å²) in [6.07, 6.45) is 0. The van der Waals surface area contributed by atoms with Gasteiger partial charge in [0.15, 0.2) is 0 Å². The molecule has 0 heterocycles. The summed E-state index contributed by atoms with van der Waals surface area (Å²) in [4.78, 5) is 0. The first-order valence-corrected chi connectivity index (χ1v) is 6.67. The average Bonchev–Trinajstić information content (AvgIpc) is 1.62. The summed E-state index contributed by atoms with van der Waals surface area (Å²) < 4.78 is 0. The summed E-state index contributed by atoms with van der Waals surface area (Å²) >= 11 is 0. The van der Waals surface area contributed by atoms with Crippen molar-refractivity contribution in [2.24, 2.45) is 0 Å². The van der Waals surface area contributed by atoms with Gasteiger partial charge >= 0.3 is 23.1 Å². The van der Waals surface area contributed by atoms with Crippen LogP contribution in [0.5, 0.6) is 0 Å². The zero-order valence-corrected chi connectivity index (χ0v) is 9.35. The van der Waals surface area contributed by atoms with Crippen molar-refractivity contribution in [1.29, 1.82) is 0 Å². The SMILES string of the molecule is CC(CO)[Si](C)(C)C.[H-].[H-].[Mg+2]. The molecule has 1 atom stereocenters. The molecule has 0 aliphatic rings. The van der Waals surface area contributed by atoms with Crippen LogP contribution in [0.4, 0.5) is 0 Å². The molecule has 0 aliphatic heterocycles. The van der Waals surface area contributed by atoms with Gasteiger partial charge in [-0.1, -0.05) is 26.6 Å². The fourth-order valence-corrected chi connectivity index (χ4v) is 0.822. The Balaban J connectivity index is -0.0000000817. The van der Waals surface area contributed by atoms with E-state index in [-0.39, 0.29) is 25.9 Å². The fourth-order valence-electron chi connectivity index (χ4n) is 0.274. The van der Waals surface area contributed by atoms with Gasteiger partial charge < -0.3 is 7.96 Å². The van der Waals surface area contributed by atoms with Crippen LogP contribution in [0.1, 0.15) is 9.78 Å². The number of aliphatic hydroxyl groups excluding tert-OH is 1. The minimum absolute atomic E-state index is 0. The van der Waals surface area contributed by atoms with Gasteiger partial charge in [0, 0.05) is 14.7 Å². The molecule has 0 aromatic rings. The molecule has 0 amide bonds. The van der Waals surface area contributed by atoms with Gasteiger partial charge in [0.05, 0.1) is 0 Å². The maximum Gasteiger partial charge on any atom is 2.00 e. The summed E-state index contributed by atoms with van der Waals surface area (Å²) in [5.41, 5.74) is 0.544. The fraction of sp³-hybridized carbons (Fsp3) is 1.00. The maximum atomic E-state index is 8.71. The van der Waals surface area contributed by atoms with Crippen LogP contribution in [0.2, 0.25) is 25.2 Å². The summed E-state index contributed by atoms with van der Waals surface area (Å²) in [5.74, 6) is 0. The largest absolute Gasteiger partial charge is 2.00 e. The molecule has 0 fully saturated rings. The molecule has 0 radical (unpaired) electrons. The van der Waals surface area contributed by atoms with Crippen LogP contribution < -0.4 is 0 Å². The molecule has 0 saturated heterocycles. The Labute approximate surface area is 78.0 Å². The van der Waals surface area contributed by atoms with Crippen molar-refractivity contribution in [3.05, 3.63) is 0 Å². The van der Waals surface area contributed by atoms with E-state index in [1.807, 2.05) is 0 Å². The van der Waals surface area contributed by atoms with Crippen LogP contribution in [-0.2, 0) is 0 Å². The third-order valence-corrected chi connectivity index (χ3v) is 4.89. The first kappa shape index (κ1) is 12.6. The van der Waals surface area contributed by atoms with E-state index in [4.69, 9.17) is 5.11 Å². The molecule has 1 unspecified atom stereocenters. The minimum Gasteiger partial charge on any atom is -1.00 e. The quantitative estimate of drug-likeness (QED) is 0.605. The Morgan fingerprint density at radius 2 is 1.78 bits per heavy atom. The molecular formula is C6H18MgOSi. The standard InChI is InChI=1S/C6H16OSi.Mg.2H/c1-6(5-7)8(2,3)4;;;/h6-7H,5H2,1-4H3;;;/q;+2;2*-1. The third-order valence-electron chi connectivity index (χ3n) is 1.75. The molecule has 0 spiro atoms. The second-order valence-corrected chi connectivity index (χ2v) is 9.17. The van der Waals surface area contributed by atoms with Crippen LogP contribution in [0.15, 0.2) is 0 Å². The van der Waals surface area contributed by atoms with Gasteiger partial charge in [0.1, 0.15) is 0 Å². The maximum absolute atomic E-state index is 8.71. The second kappa shape index (κ2) is 4.71. The summed E-state index contributed by atoms with van der Waals surface area (Å²) in [7, 11) is -1.01. The molecule has 3 heteroatoms. The summed E-state index contributed by atoms with van der Waals surface area (Å²) in [5, 5.41) is 8.71. The van der Waals surface area contributed by atoms with E-state index in [1.54, 1.807) is 0 Å². The van der Waals surface area contributed by atoms with E-state index in [1.165, 1.54) is 0 Å². The first-order chi connectivity index (χ1) is 3.48. The van der Waals surface area contributed by atoms with Crippen molar-refractivity contribution in [1.82, 2.24) is 0 Å². The molecule has 1 N–H and O–H groups in total. The second-order valence-electron chi connectivity index (χ2n) is 3.45. The Morgan fingerprint density at radius 1 is 1.44 bits per heavy atom. The van der Waals surface area contributed by atoms with E-state index >= 15 is 0 Å². The van der Waals surface area contributed by atoms with Crippen LogP contribution in [-0.4, -0.2) is 42.8 Å². The normalized spacial score (nSPS) is 14.3. The predicted molar refractivity (Wildman–Crippen MR) is 47.8 cm³/mol. The van der Waals surface area contributed by atoms with Crippen LogP contribution in [0.25, 0.3) is 0 Å². The Morgan fingerprint density at radius 3 is 1.78 bits per heavy atom. The molecule has 9 heavy (non-hydrogen) atoms. The van der Waals surface area contributed by atoms with E-state index in [0.29, 0.717) is 12.1 Å². The van der Waals surface area contributed by atoms with Gasteiger partial charge in [-0.15, -0.1) is 0 Å². The molecule has 0 aliphatic carbocycles. The van der Waals surface area contributed by atoms with Gasteiger partial charge in [-0.2, -0.15) is 0 Å². The Kier molecular flexibility index (Phi) is 6.60. The van der Waals surface area contributed by atoms with E-state index < -0.39 is 8.07 Å². The third kappa shape index (κ3) is 5.39. The van der Waals surface area contributed by atoms with Crippen molar-refractivity contribution in [3.8, 4) is 0 Å². The van der Waals surface area contributed by atoms with Gasteiger partial charge in [-0.3, -0.25) is 0 Å². The molecule has 0 saturated carbocycles. The minimum atomic E-state index is -1.01. The monoisotopic (exact) mass is 158 g/mol. The van der Waals surface area contributed by atoms with Crippen molar-refractivity contribution in [3.63, 3.8) is 0 Å². The Hall–Kier alpha value is 0.943. The Bertz CT molecular complexity index is 77.5. The van der Waals surface area contributed by atoms with E-state index in [2.05, 4.69) is 26.6 Å². The molecule has 1 nitrogen and oxygen atoms in total. The van der Waals surface area contributed by atoms with Crippen molar-refractivity contribution >= 4 is 31.1 Å². The number of hydrogen-bond acceptors (Lipinski definition) is 1. The molecule has 0 aromatic heterocycles. The molecule has 0 bridgehead atoms. The average molecular weight is 159 g/mol. The van der Waals surface area contributed by atoms with Crippen LogP contribution >= 0.6 is 0 Å². The van der Waals surface area contributed by atoms with Gasteiger partial charge in [0.25, 0.3) is 0 Å². The molecule has 0 aromatic carbocycles. The van der Waals surface area contributed by atoms with Crippen LogP contribution in [0, 0.1) is 0 Å². The number of hydrogen-bond donors (Lipinski definition) is 1. The van der Waals surface area contributed by atoms with Crippen LogP contribution in [0.3, 0.4) is 0 Å². The predicted octanol–water partition coefficient (Wildman–Crippen LogP) is 1.55. The van der Waals surface area contributed by atoms with E-state index in [9.17, 15) is 0 Å². The topological polar surface area (TPSA) is 20.2 Å². The molecule has 0 rings (SSSR count). The van der Waals surface area contributed by atoms with Crippen molar-refractivity contribution < 1.29 is 7.96 Å². The van der Waals surface area contributed by atoms with Crippen molar-refractivity contribution in [2.45, 2.75) is 32.1 Å². The molecule has 54 valence electrons. The van der Waals surface area contributed by atoms with Gasteiger partial charge in [-0.25, -0.2) is 0 Å². The summed E-state index contributed by atoms with van der Waals surface area (Å²) in [6, 6.07) is 0. The van der Waals surface area contributed by atoms with Gasteiger partial charge in [-0.05, 0) is 5.54 Å².